The second-order valence-corrected chi connectivity index (χ2v) is 4.12. The van der Waals surface area contributed by atoms with Crippen molar-refractivity contribution in [3.05, 3.63) is 0 Å². The molecule has 0 spiro atoms. The predicted octanol–water partition coefficient (Wildman–Crippen LogP) is 2.63. The first-order chi connectivity index (χ1) is 7.73. The molecule has 0 fully saturated rings. The van der Waals surface area contributed by atoms with Gasteiger partial charge in [0.1, 0.15) is 6.04 Å². The van der Waals surface area contributed by atoms with E-state index in [0.29, 0.717) is 12.8 Å². The highest BCUT2D eigenvalue weighted by atomic mass is 19.4. The minimum absolute atomic E-state index is 0.0793. The number of hydrogen-bond acceptors (Lipinski definition) is 3. The van der Waals surface area contributed by atoms with Gasteiger partial charge in [0, 0.05) is 0 Å². The Morgan fingerprint density at radius 3 is 2.24 bits per heavy atom. The van der Waals surface area contributed by atoms with Crippen LogP contribution in [0, 0.1) is 5.92 Å². The molecule has 0 heterocycles. The SMILES string of the molecule is CCC[C@H](C(=O)OC(C)CC)[C@H](N)C(F)(F)F. The topological polar surface area (TPSA) is 52.3 Å². The van der Waals surface area contributed by atoms with E-state index < -0.39 is 24.1 Å². The first-order valence-corrected chi connectivity index (χ1v) is 5.76. The van der Waals surface area contributed by atoms with Crippen molar-refractivity contribution >= 4 is 5.97 Å². The van der Waals surface area contributed by atoms with E-state index in [0.717, 1.165) is 0 Å². The maximum atomic E-state index is 12.5. The van der Waals surface area contributed by atoms with E-state index in [1.54, 1.807) is 20.8 Å². The van der Waals surface area contributed by atoms with Crippen molar-refractivity contribution < 1.29 is 22.7 Å². The lowest BCUT2D eigenvalue weighted by Crippen LogP contribution is -2.47. The third-order valence-corrected chi connectivity index (χ3v) is 2.61. The summed E-state index contributed by atoms with van der Waals surface area (Å²) in [6.07, 6.45) is -3.87. The average molecular weight is 255 g/mol. The lowest BCUT2D eigenvalue weighted by atomic mass is 9.95. The molecule has 0 amide bonds. The number of carbonyl (C=O) groups excluding carboxylic acids is 1. The highest BCUT2D eigenvalue weighted by Crippen LogP contribution is 2.27. The van der Waals surface area contributed by atoms with Crippen LogP contribution in [0.4, 0.5) is 13.2 Å². The standard InChI is InChI=1S/C11H20F3NO2/c1-4-6-8(9(15)11(12,13)14)10(16)17-7(3)5-2/h7-9H,4-6,15H2,1-3H3/t7?,8-,9-/m0/s1. The highest BCUT2D eigenvalue weighted by Gasteiger charge is 2.45. The van der Waals surface area contributed by atoms with Gasteiger partial charge in [-0.15, -0.1) is 0 Å². The van der Waals surface area contributed by atoms with Crippen molar-refractivity contribution in [3.8, 4) is 0 Å². The molecule has 0 saturated heterocycles. The van der Waals surface area contributed by atoms with Crippen LogP contribution in [0.15, 0.2) is 0 Å². The van der Waals surface area contributed by atoms with Crippen molar-refractivity contribution in [1.82, 2.24) is 0 Å². The molecule has 0 bridgehead atoms. The summed E-state index contributed by atoms with van der Waals surface area (Å²) in [6, 6.07) is -2.15. The van der Waals surface area contributed by atoms with E-state index in [2.05, 4.69) is 0 Å². The minimum atomic E-state index is -4.58. The molecule has 1 unspecified atom stereocenters. The molecular formula is C11H20F3NO2. The normalized spacial score (nSPS) is 17.4. The molecule has 0 aliphatic carbocycles. The van der Waals surface area contributed by atoms with Crippen LogP contribution in [0.5, 0.6) is 0 Å². The van der Waals surface area contributed by atoms with Gasteiger partial charge in [-0.3, -0.25) is 4.79 Å². The number of carbonyl (C=O) groups is 1. The van der Waals surface area contributed by atoms with Crippen molar-refractivity contribution in [2.45, 2.75) is 58.4 Å². The van der Waals surface area contributed by atoms with Crippen LogP contribution < -0.4 is 5.73 Å². The minimum Gasteiger partial charge on any atom is -0.462 e. The molecule has 3 nitrogen and oxygen atoms in total. The summed E-state index contributed by atoms with van der Waals surface area (Å²) in [4.78, 5) is 11.6. The Hall–Kier alpha value is -0.780. The third kappa shape index (κ3) is 5.39. The number of esters is 1. The number of alkyl halides is 3. The molecule has 0 rings (SSSR count). The van der Waals surface area contributed by atoms with Gasteiger partial charge in [-0.1, -0.05) is 20.3 Å². The van der Waals surface area contributed by atoms with Gasteiger partial charge in [0.05, 0.1) is 12.0 Å². The van der Waals surface area contributed by atoms with Crippen molar-refractivity contribution in [2.24, 2.45) is 11.7 Å². The number of halogens is 3. The van der Waals surface area contributed by atoms with E-state index in [9.17, 15) is 18.0 Å². The molecule has 0 aliphatic rings. The van der Waals surface area contributed by atoms with Gasteiger partial charge in [-0.05, 0) is 19.8 Å². The van der Waals surface area contributed by atoms with Crippen LogP contribution in [0.2, 0.25) is 0 Å². The number of nitrogens with two attached hydrogens (primary N) is 1. The van der Waals surface area contributed by atoms with E-state index >= 15 is 0 Å². The summed E-state index contributed by atoms with van der Waals surface area (Å²) in [7, 11) is 0. The van der Waals surface area contributed by atoms with Gasteiger partial charge in [0.15, 0.2) is 0 Å². The molecule has 0 aromatic carbocycles. The van der Waals surface area contributed by atoms with Gasteiger partial charge in [0.25, 0.3) is 0 Å². The van der Waals surface area contributed by atoms with E-state index in [1.165, 1.54) is 0 Å². The Morgan fingerprint density at radius 1 is 1.35 bits per heavy atom. The zero-order valence-electron chi connectivity index (χ0n) is 10.4. The van der Waals surface area contributed by atoms with Gasteiger partial charge >= 0.3 is 12.1 Å². The summed E-state index contributed by atoms with van der Waals surface area (Å²) >= 11 is 0. The van der Waals surface area contributed by atoms with Crippen molar-refractivity contribution in [2.75, 3.05) is 0 Å². The van der Waals surface area contributed by atoms with E-state index in [4.69, 9.17) is 10.5 Å². The Labute approximate surface area is 99.5 Å². The first kappa shape index (κ1) is 16.2. The van der Waals surface area contributed by atoms with Crippen LogP contribution >= 0.6 is 0 Å². The van der Waals surface area contributed by atoms with Gasteiger partial charge in [-0.25, -0.2) is 0 Å². The molecule has 6 heteroatoms. The Bertz CT molecular complexity index is 243. The predicted molar refractivity (Wildman–Crippen MR) is 58.3 cm³/mol. The molecule has 102 valence electrons. The number of rotatable bonds is 6. The van der Waals surface area contributed by atoms with Crippen molar-refractivity contribution in [1.29, 1.82) is 0 Å². The van der Waals surface area contributed by atoms with Crippen LogP contribution in [0.3, 0.4) is 0 Å². The summed E-state index contributed by atoms with van der Waals surface area (Å²) in [5.74, 6) is -2.17. The zero-order chi connectivity index (χ0) is 13.6. The van der Waals surface area contributed by atoms with Crippen LogP contribution in [0.1, 0.15) is 40.0 Å². The Morgan fingerprint density at radius 2 is 1.88 bits per heavy atom. The van der Waals surface area contributed by atoms with Gasteiger partial charge in [0.2, 0.25) is 0 Å². The molecule has 0 radical (unpaired) electrons. The van der Waals surface area contributed by atoms with E-state index in [-0.39, 0.29) is 12.5 Å². The fourth-order valence-corrected chi connectivity index (χ4v) is 1.35. The lowest BCUT2D eigenvalue weighted by Gasteiger charge is -2.25. The lowest BCUT2D eigenvalue weighted by molar-refractivity contribution is -0.179. The maximum Gasteiger partial charge on any atom is 0.404 e. The monoisotopic (exact) mass is 255 g/mol. The molecule has 0 aromatic rings. The fraction of sp³-hybridized carbons (Fsp3) is 0.909. The quantitative estimate of drug-likeness (QED) is 0.742. The van der Waals surface area contributed by atoms with Crippen LogP contribution in [0.25, 0.3) is 0 Å². The fourth-order valence-electron chi connectivity index (χ4n) is 1.35. The molecule has 2 N–H and O–H groups in total. The average Bonchev–Trinajstić information content (AvgIpc) is 2.23. The summed E-state index contributed by atoms with van der Waals surface area (Å²) < 4.78 is 42.3. The van der Waals surface area contributed by atoms with Crippen LogP contribution in [-0.4, -0.2) is 24.3 Å². The zero-order valence-corrected chi connectivity index (χ0v) is 10.4. The molecule has 0 aliphatic heterocycles. The van der Waals surface area contributed by atoms with Gasteiger partial charge < -0.3 is 10.5 Å². The first-order valence-electron chi connectivity index (χ1n) is 5.76. The largest absolute Gasteiger partial charge is 0.462 e. The molecule has 17 heavy (non-hydrogen) atoms. The van der Waals surface area contributed by atoms with Gasteiger partial charge in [-0.2, -0.15) is 13.2 Å². The summed E-state index contributed by atoms with van der Waals surface area (Å²) in [6.45, 7) is 5.13. The third-order valence-electron chi connectivity index (χ3n) is 2.61. The molecule has 0 aromatic heterocycles. The Balaban J connectivity index is 4.67. The maximum absolute atomic E-state index is 12.5. The molecule has 3 atom stereocenters. The summed E-state index contributed by atoms with van der Waals surface area (Å²) in [5, 5.41) is 0. The highest BCUT2D eigenvalue weighted by molar-refractivity contribution is 5.73. The van der Waals surface area contributed by atoms with Crippen LogP contribution in [-0.2, 0) is 9.53 Å². The van der Waals surface area contributed by atoms with Crippen molar-refractivity contribution in [3.63, 3.8) is 0 Å². The molecular weight excluding hydrogens is 235 g/mol. The number of hydrogen-bond donors (Lipinski definition) is 1. The number of ether oxygens (including phenoxy) is 1. The molecule has 0 saturated carbocycles. The second kappa shape index (κ2) is 6.83. The second-order valence-electron chi connectivity index (χ2n) is 4.12. The van der Waals surface area contributed by atoms with E-state index in [1.807, 2.05) is 0 Å². The smallest absolute Gasteiger partial charge is 0.404 e. The Kier molecular flexibility index (Phi) is 6.52. The summed E-state index contributed by atoms with van der Waals surface area (Å²) in [5.41, 5.74) is 5.07.